The lowest BCUT2D eigenvalue weighted by Crippen LogP contribution is -2.43. The summed E-state index contributed by atoms with van der Waals surface area (Å²) in [6.45, 7) is 1.33. The Labute approximate surface area is 173 Å². The zero-order valence-electron chi connectivity index (χ0n) is 16.2. The second-order valence-electron chi connectivity index (χ2n) is 6.34. The average molecular weight is 418 g/mol. The smallest absolute Gasteiger partial charge is 0.329 e. The van der Waals surface area contributed by atoms with Crippen molar-refractivity contribution in [2.24, 2.45) is 0 Å². The Morgan fingerprint density at radius 3 is 2.59 bits per heavy atom. The Kier molecular flexibility index (Phi) is 8.67. The van der Waals surface area contributed by atoms with E-state index in [0.29, 0.717) is 17.7 Å². The van der Waals surface area contributed by atoms with Crippen molar-refractivity contribution < 1.29 is 23.5 Å². The molecule has 2 N–H and O–H groups in total. The van der Waals surface area contributed by atoms with Crippen LogP contribution in [0, 0.1) is 12.7 Å². The fraction of sp³-hybridized carbons (Fsp3) is 0.286. The van der Waals surface area contributed by atoms with Crippen molar-refractivity contribution in [3.05, 3.63) is 65.5 Å². The second-order valence-corrected chi connectivity index (χ2v) is 7.33. The molecule has 2 amide bonds. The van der Waals surface area contributed by atoms with Gasteiger partial charge in [0.2, 0.25) is 0 Å². The molecule has 8 heteroatoms. The van der Waals surface area contributed by atoms with E-state index in [0.717, 1.165) is 11.6 Å². The molecule has 0 aliphatic heterocycles. The van der Waals surface area contributed by atoms with E-state index in [1.165, 1.54) is 30.0 Å². The first-order valence-corrected chi connectivity index (χ1v) is 10.4. The van der Waals surface area contributed by atoms with Gasteiger partial charge in [-0.2, -0.15) is 11.8 Å². The average Bonchev–Trinajstić information content (AvgIpc) is 2.69. The molecule has 154 valence electrons. The quantitative estimate of drug-likeness (QED) is 0.611. The van der Waals surface area contributed by atoms with E-state index < -0.39 is 30.3 Å². The summed E-state index contributed by atoms with van der Waals surface area (Å²) in [6, 6.07) is 11.5. The summed E-state index contributed by atoms with van der Waals surface area (Å²) >= 11 is 1.53. The molecule has 1 atom stereocenters. The van der Waals surface area contributed by atoms with Gasteiger partial charge in [0.1, 0.15) is 11.9 Å². The molecule has 0 aliphatic rings. The Hall–Kier alpha value is -2.87. The number of anilines is 1. The highest BCUT2D eigenvalue weighted by atomic mass is 32.2. The number of carbonyl (C=O) groups is 3. The standard InChI is InChI=1S/C21H23FN2O4S/c1-14-5-3-6-15(11-14)20(26)24-18(9-10-29-2)21(27)28-13-19(25)23-17-8-4-7-16(22)12-17/h3-8,11-12,18H,9-10,13H2,1-2H3,(H,23,25)(H,24,26)/t18-/m0/s1. The third-order valence-corrected chi connectivity index (χ3v) is 4.58. The predicted molar refractivity (Wildman–Crippen MR) is 111 cm³/mol. The SMILES string of the molecule is CSCC[C@H](NC(=O)c1cccc(C)c1)C(=O)OCC(=O)Nc1cccc(F)c1. The largest absolute Gasteiger partial charge is 0.454 e. The lowest BCUT2D eigenvalue weighted by Gasteiger charge is -2.17. The van der Waals surface area contributed by atoms with Gasteiger partial charge < -0.3 is 15.4 Å². The molecule has 0 saturated carbocycles. The van der Waals surface area contributed by atoms with Crippen molar-refractivity contribution in [3.8, 4) is 0 Å². The number of ether oxygens (including phenoxy) is 1. The minimum absolute atomic E-state index is 0.262. The minimum atomic E-state index is -0.877. The molecule has 0 aliphatic carbocycles. The van der Waals surface area contributed by atoms with E-state index >= 15 is 0 Å². The molecule has 0 unspecified atom stereocenters. The van der Waals surface area contributed by atoms with E-state index in [1.54, 1.807) is 18.2 Å². The predicted octanol–water partition coefficient (Wildman–Crippen LogP) is 3.17. The first kappa shape index (κ1) is 22.4. The fourth-order valence-electron chi connectivity index (χ4n) is 2.51. The molecule has 0 aromatic heterocycles. The van der Waals surface area contributed by atoms with E-state index in [2.05, 4.69) is 10.6 Å². The van der Waals surface area contributed by atoms with E-state index in [1.807, 2.05) is 19.2 Å². The summed E-state index contributed by atoms with van der Waals surface area (Å²) in [5.41, 5.74) is 1.63. The van der Waals surface area contributed by atoms with Crippen LogP contribution in [0.25, 0.3) is 0 Å². The summed E-state index contributed by atoms with van der Waals surface area (Å²) in [5, 5.41) is 5.11. The highest BCUT2D eigenvalue weighted by Crippen LogP contribution is 2.10. The lowest BCUT2D eigenvalue weighted by molar-refractivity contribution is -0.149. The van der Waals surface area contributed by atoms with Crippen LogP contribution in [0.5, 0.6) is 0 Å². The molecule has 0 spiro atoms. The number of benzene rings is 2. The van der Waals surface area contributed by atoms with Gasteiger partial charge in [0, 0.05) is 11.3 Å². The molecule has 2 aromatic carbocycles. The summed E-state index contributed by atoms with van der Waals surface area (Å²) in [7, 11) is 0. The van der Waals surface area contributed by atoms with Crippen molar-refractivity contribution in [1.82, 2.24) is 5.32 Å². The third kappa shape index (κ3) is 7.57. The molecular formula is C21H23FN2O4S. The number of nitrogens with one attached hydrogen (secondary N) is 2. The van der Waals surface area contributed by atoms with Gasteiger partial charge in [-0.15, -0.1) is 0 Å². The van der Waals surface area contributed by atoms with Crippen LogP contribution in [0.3, 0.4) is 0 Å². The highest BCUT2D eigenvalue weighted by Gasteiger charge is 2.23. The zero-order valence-corrected chi connectivity index (χ0v) is 17.1. The first-order chi connectivity index (χ1) is 13.9. The van der Waals surface area contributed by atoms with Crippen molar-refractivity contribution in [2.75, 3.05) is 23.9 Å². The third-order valence-electron chi connectivity index (χ3n) is 3.93. The number of hydrogen-bond acceptors (Lipinski definition) is 5. The van der Waals surface area contributed by atoms with Gasteiger partial charge in [0.15, 0.2) is 6.61 Å². The van der Waals surface area contributed by atoms with Crippen molar-refractivity contribution in [2.45, 2.75) is 19.4 Å². The van der Waals surface area contributed by atoms with Gasteiger partial charge in [-0.1, -0.05) is 23.8 Å². The molecule has 2 rings (SSSR count). The van der Waals surface area contributed by atoms with Gasteiger partial charge in [0.05, 0.1) is 0 Å². The molecule has 0 saturated heterocycles. The lowest BCUT2D eigenvalue weighted by atomic mass is 10.1. The topological polar surface area (TPSA) is 84.5 Å². The molecule has 29 heavy (non-hydrogen) atoms. The van der Waals surface area contributed by atoms with E-state index in [4.69, 9.17) is 4.74 Å². The maximum atomic E-state index is 13.2. The second kappa shape index (κ2) is 11.2. The number of esters is 1. The Morgan fingerprint density at radius 1 is 1.14 bits per heavy atom. The summed E-state index contributed by atoms with van der Waals surface area (Å²) in [6.07, 6.45) is 2.25. The van der Waals surface area contributed by atoms with Crippen molar-refractivity contribution in [1.29, 1.82) is 0 Å². The molecule has 0 radical (unpaired) electrons. The zero-order chi connectivity index (χ0) is 21.2. The highest BCUT2D eigenvalue weighted by molar-refractivity contribution is 7.98. The molecule has 0 bridgehead atoms. The number of aryl methyl sites for hydroxylation is 1. The maximum Gasteiger partial charge on any atom is 0.329 e. The Bertz CT molecular complexity index is 875. The van der Waals surface area contributed by atoms with Gasteiger partial charge in [-0.3, -0.25) is 9.59 Å². The number of carbonyl (C=O) groups excluding carboxylic acids is 3. The van der Waals surface area contributed by atoms with Crippen LogP contribution >= 0.6 is 11.8 Å². The molecular weight excluding hydrogens is 395 g/mol. The molecule has 2 aromatic rings. The van der Waals surface area contributed by atoms with Gasteiger partial charge >= 0.3 is 5.97 Å². The van der Waals surface area contributed by atoms with Crippen LogP contribution in [-0.4, -0.2) is 42.4 Å². The Morgan fingerprint density at radius 2 is 1.90 bits per heavy atom. The number of amides is 2. The molecule has 6 nitrogen and oxygen atoms in total. The summed E-state index contributed by atoms with van der Waals surface area (Å²) in [4.78, 5) is 36.8. The molecule has 0 fully saturated rings. The first-order valence-electron chi connectivity index (χ1n) is 8.97. The van der Waals surface area contributed by atoms with Crippen LogP contribution in [0.4, 0.5) is 10.1 Å². The van der Waals surface area contributed by atoms with E-state index in [-0.39, 0.29) is 11.6 Å². The van der Waals surface area contributed by atoms with Crippen LogP contribution in [0.15, 0.2) is 48.5 Å². The fourth-order valence-corrected chi connectivity index (χ4v) is 2.98. The summed E-state index contributed by atoms with van der Waals surface area (Å²) in [5.74, 6) is -1.55. The Balaban J connectivity index is 1.93. The van der Waals surface area contributed by atoms with Crippen molar-refractivity contribution in [3.63, 3.8) is 0 Å². The van der Waals surface area contributed by atoms with Crippen molar-refractivity contribution >= 4 is 35.2 Å². The number of thioether (sulfide) groups is 1. The monoisotopic (exact) mass is 418 g/mol. The van der Waals surface area contributed by atoms with E-state index in [9.17, 15) is 18.8 Å². The number of hydrogen-bond donors (Lipinski definition) is 2. The van der Waals surface area contributed by atoms with Gasteiger partial charge in [-0.05, 0) is 55.7 Å². The number of rotatable bonds is 9. The van der Waals surface area contributed by atoms with Crippen LogP contribution < -0.4 is 10.6 Å². The molecule has 0 heterocycles. The maximum absolute atomic E-state index is 13.2. The minimum Gasteiger partial charge on any atom is -0.454 e. The number of halogens is 1. The summed E-state index contributed by atoms with van der Waals surface area (Å²) < 4.78 is 18.2. The van der Waals surface area contributed by atoms with Gasteiger partial charge in [-0.25, -0.2) is 9.18 Å². The van der Waals surface area contributed by atoms with Gasteiger partial charge in [0.25, 0.3) is 11.8 Å². The van der Waals surface area contributed by atoms with Crippen LogP contribution in [-0.2, 0) is 14.3 Å². The normalized spacial score (nSPS) is 11.4. The van der Waals surface area contributed by atoms with Crippen LogP contribution in [0.2, 0.25) is 0 Å². The van der Waals surface area contributed by atoms with Crippen LogP contribution in [0.1, 0.15) is 22.3 Å².